The van der Waals surface area contributed by atoms with Gasteiger partial charge in [0.1, 0.15) is 0 Å². The molecule has 2 aliphatic rings. The maximum atomic E-state index is 2.46. The summed E-state index contributed by atoms with van der Waals surface area (Å²) >= 11 is 0. The van der Waals surface area contributed by atoms with E-state index in [-0.39, 0.29) is 0 Å². The summed E-state index contributed by atoms with van der Waals surface area (Å²) in [7, 11) is 2.20. The largest absolute Gasteiger partial charge is 0.344 e. The van der Waals surface area contributed by atoms with E-state index < -0.39 is 0 Å². The molecule has 2 nitrogen and oxygen atoms in total. The number of anilines is 4. The van der Waals surface area contributed by atoms with Crippen molar-refractivity contribution in [1.29, 1.82) is 0 Å². The Morgan fingerprint density at radius 1 is 0.698 bits per heavy atom. The predicted octanol–water partition coefficient (Wildman–Crippen LogP) is 10.5. The zero-order valence-electron chi connectivity index (χ0n) is 24.6. The van der Waals surface area contributed by atoms with E-state index in [0.717, 1.165) is 19.4 Å². The molecular weight excluding hydrogens is 520 g/mol. The molecule has 0 saturated carbocycles. The maximum absolute atomic E-state index is 2.46. The van der Waals surface area contributed by atoms with Crippen LogP contribution >= 0.6 is 0 Å². The third-order valence-corrected chi connectivity index (χ3v) is 8.66. The molecule has 2 heteroatoms. The van der Waals surface area contributed by atoms with E-state index in [1.165, 1.54) is 55.8 Å². The molecule has 7 rings (SSSR count). The fraction of sp³-hybridized carbons (Fsp3) is 0.122. The molecule has 1 unspecified atom stereocenters. The van der Waals surface area contributed by atoms with Crippen LogP contribution in [0.1, 0.15) is 23.1 Å². The standard InChI is InChI=1S/C41H36N2/c1-42(41-39-19-10-3-7-15-34(39)29-35-16-11-12-20-40(35)41)36-25-27-38(28-26-36)43(37-17-8-4-9-18-37)30-31-21-23-33(24-22-31)32-13-5-2-6-14-32/h2-14,16-21,23-29,31H,15,22,30H2,1H3. The van der Waals surface area contributed by atoms with Gasteiger partial charge in [-0.1, -0.05) is 121 Å². The highest BCUT2D eigenvalue weighted by Crippen LogP contribution is 2.39. The first-order valence-corrected chi connectivity index (χ1v) is 15.2. The molecule has 0 radical (unpaired) electrons. The van der Waals surface area contributed by atoms with Crippen LogP contribution in [-0.4, -0.2) is 13.6 Å². The molecule has 0 amide bonds. The summed E-state index contributed by atoms with van der Waals surface area (Å²) < 4.78 is 0. The molecule has 0 aliphatic heterocycles. The van der Waals surface area contributed by atoms with Gasteiger partial charge in [-0.25, -0.2) is 0 Å². The Hall–Kier alpha value is -5.08. The number of allylic oxidation sites excluding steroid dienone is 6. The Morgan fingerprint density at radius 3 is 2.16 bits per heavy atom. The third-order valence-electron chi connectivity index (χ3n) is 8.66. The Kier molecular flexibility index (Phi) is 7.50. The zero-order chi connectivity index (χ0) is 29.0. The van der Waals surface area contributed by atoms with E-state index in [1.807, 2.05) is 0 Å². The lowest BCUT2D eigenvalue weighted by molar-refractivity contribution is 0.658. The van der Waals surface area contributed by atoms with E-state index in [2.05, 4.69) is 175 Å². The summed E-state index contributed by atoms with van der Waals surface area (Å²) in [6.45, 7) is 0.920. The number of hydrogen-bond donors (Lipinski definition) is 0. The fourth-order valence-electron chi connectivity index (χ4n) is 6.38. The van der Waals surface area contributed by atoms with Gasteiger partial charge in [0.2, 0.25) is 0 Å². The van der Waals surface area contributed by atoms with Gasteiger partial charge in [-0.05, 0) is 77.2 Å². The first-order valence-electron chi connectivity index (χ1n) is 15.2. The van der Waals surface area contributed by atoms with Crippen LogP contribution in [0.5, 0.6) is 0 Å². The molecule has 0 saturated heterocycles. The van der Waals surface area contributed by atoms with Crippen LogP contribution in [0.15, 0.2) is 152 Å². The minimum absolute atomic E-state index is 0.432. The molecule has 210 valence electrons. The van der Waals surface area contributed by atoms with E-state index in [4.69, 9.17) is 0 Å². The lowest BCUT2D eigenvalue weighted by Crippen LogP contribution is -2.24. The molecule has 0 N–H and O–H groups in total. The van der Waals surface area contributed by atoms with Crippen LogP contribution in [0.3, 0.4) is 0 Å². The van der Waals surface area contributed by atoms with Crippen LogP contribution in [0.2, 0.25) is 0 Å². The lowest BCUT2D eigenvalue weighted by atomic mass is 9.92. The fourth-order valence-corrected chi connectivity index (χ4v) is 6.38. The van der Waals surface area contributed by atoms with Crippen molar-refractivity contribution < 1.29 is 0 Å². The van der Waals surface area contributed by atoms with E-state index in [0.29, 0.717) is 5.92 Å². The van der Waals surface area contributed by atoms with Gasteiger partial charge in [0.05, 0.1) is 5.69 Å². The minimum atomic E-state index is 0.432. The molecule has 0 spiro atoms. The number of benzene rings is 5. The summed E-state index contributed by atoms with van der Waals surface area (Å²) in [4.78, 5) is 4.81. The summed E-state index contributed by atoms with van der Waals surface area (Å²) in [5.74, 6) is 0.432. The van der Waals surface area contributed by atoms with Crippen molar-refractivity contribution in [3.63, 3.8) is 0 Å². The predicted molar refractivity (Wildman–Crippen MR) is 185 cm³/mol. The van der Waals surface area contributed by atoms with Crippen LogP contribution in [0, 0.1) is 5.92 Å². The van der Waals surface area contributed by atoms with Crippen molar-refractivity contribution in [2.45, 2.75) is 12.8 Å². The average molecular weight is 557 g/mol. The molecule has 5 aromatic rings. The number of para-hydroxylation sites is 1. The normalized spacial score (nSPS) is 15.6. The Labute approximate surface area is 255 Å². The van der Waals surface area contributed by atoms with Gasteiger partial charge in [0.15, 0.2) is 0 Å². The highest BCUT2D eigenvalue weighted by molar-refractivity contribution is 6.01. The molecule has 0 aromatic heterocycles. The Morgan fingerprint density at radius 2 is 1.40 bits per heavy atom. The second kappa shape index (κ2) is 12.0. The molecule has 0 heterocycles. The summed E-state index contributed by atoms with van der Waals surface area (Å²) in [5, 5.41) is 2.56. The topological polar surface area (TPSA) is 6.48 Å². The van der Waals surface area contributed by atoms with Crippen molar-refractivity contribution in [1.82, 2.24) is 0 Å². The van der Waals surface area contributed by atoms with Crippen molar-refractivity contribution in [2.24, 2.45) is 5.92 Å². The molecule has 43 heavy (non-hydrogen) atoms. The summed E-state index contributed by atoms with van der Waals surface area (Å²) in [6.07, 6.45) is 17.9. The number of fused-ring (bicyclic) bond motifs is 2. The third kappa shape index (κ3) is 5.57. The van der Waals surface area contributed by atoms with Crippen molar-refractivity contribution >= 4 is 45.2 Å². The van der Waals surface area contributed by atoms with Gasteiger partial charge in [0.25, 0.3) is 0 Å². The summed E-state index contributed by atoms with van der Waals surface area (Å²) in [5.41, 5.74) is 10.1. The van der Waals surface area contributed by atoms with Crippen molar-refractivity contribution in [3.8, 4) is 0 Å². The number of rotatable bonds is 7. The summed E-state index contributed by atoms with van der Waals surface area (Å²) in [6, 6.07) is 41.6. The van der Waals surface area contributed by atoms with Crippen molar-refractivity contribution in [3.05, 3.63) is 168 Å². The molecule has 1 atom stereocenters. The van der Waals surface area contributed by atoms with E-state index >= 15 is 0 Å². The van der Waals surface area contributed by atoms with Gasteiger partial charge in [0, 0.05) is 41.6 Å². The van der Waals surface area contributed by atoms with Gasteiger partial charge in [-0.15, -0.1) is 0 Å². The van der Waals surface area contributed by atoms with E-state index in [1.54, 1.807) is 0 Å². The Balaban J connectivity index is 1.18. The highest BCUT2D eigenvalue weighted by atomic mass is 15.1. The highest BCUT2D eigenvalue weighted by Gasteiger charge is 2.19. The van der Waals surface area contributed by atoms with Crippen LogP contribution in [0.4, 0.5) is 22.7 Å². The van der Waals surface area contributed by atoms with Gasteiger partial charge in [-0.2, -0.15) is 0 Å². The quantitative estimate of drug-likeness (QED) is 0.197. The molecular formula is C41H36N2. The van der Waals surface area contributed by atoms with Gasteiger partial charge in [-0.3, -0.25) is 0 Å². The second-order valence-electron chi connectivity index (χ2n) is 11.4. The van der Waals surface area contributed by atoms with Gasteiger partial charge >= 0.3 is 0 Å². The zero-order valence-corrected chi connectivity index (χ0v) is 24.6. The number of nitrogens with zero attached hydrogens (tertiary/aromatic N) is 2. The monoisotopic (exact) mass is 556 g/mol. The lowest BCUT2D eigenvalue weighted by Gasteiger charge is -2.30. The van der Waals surface area contributed by atoms with Crippen LogP contribution < -0.4 is 9.80 Å². The second-order valence-corrected chi connectivity index (χ2v) is 11.4. The minimum Gasteiger partial charge on any atom is -0.344 e. The van der Waals surface area contributed by atoms with E-state index in [9.17, 15) is 0 Å². The smallest absolute Gasteiger partial charge is 0.0564 e. The first kappa shape index (κ1) is 26.8. The maximum Gasteiger partial charge on any atom is 0.0564 e. The number of hydrogen-bond acceptors (Lipinski definition) is 2. The van der Waals surface area contributed by atoms with Crippen LogP contribution in [0.25, 0.3) is 22.4 Å². The Bertz CT molecular complexity index is 1840. The molecule has 2 aliphatic carbocycles. The van der Waals surface area contributed by atoms with Crippen molar-refractivity contribution in [2.75, 3.05) is 23.4 Å². The average Bonchev–Trinajstić information content (AvgIpc) is 3.32. The first-order chi connectivity index (χ1) is 21.2. The molecule has 0 bridgehead atoms. The molecule has 5 aromatic carbocycles. The van der Waals surface area contributed by atoms with Crippen LogP contribution in [-0.2, 0) is 6.42 Å². The molecule has 0 fully saturated rings. The SMILES string of the molecule is CN(c1ccc(N(CC2C=CC(c3ccccc3)=CC2)c2ccccc2)cc1)c1c2c(cc3ccccc13)CC=CC=C2. The van der Waals surface area contributed by atoms with Gasteiger partial charge < -0.3 is 9.80 Å².